The van der Waals surface area contributed by atoms with Crippen molar-refractivity contribution in [2.45, 2.75) is 322 Å². The number of phosphoric acid groups is 2. The Morgan fingerprint density at radius 1 is 0.304 bits per heavy atom. The number of rotatable bonds is 61. The fraction of sp³-hybridized carbons (Fsp3) is 0.933. The van der Waals surface area contributed by atoms with Gasteiger partial charge in [0.05, 0.1) is 26.4 Å². The van der Waals surface area contributed by atoms with Crippen LogP contribution in [0.5, 0.6) is 0 Å². The molecular formula is C60H116O17P2. The van der Waals surface area contributed by atoms with Crippen LogP contribution in [-0.2, 0) is 65.4 Å². The molecule has 468 valence electrons. The largest absolute Gasteiger partial charge is 0.472 e. The minimum Gasteiger partial charge on any atom is -0.462 e. The summed E-state index contributed by atoms with van der Waals surface area (Å²) in [5.74, 6) is -2.15. The maximum absolute atomic E-state index is 12.9. The quantitative estimate of drug-likeness (QED) is 0.0222. The number of phosphoric ester groups is 2. The molecule has 2 unspecified atom stereocenters. The lowest BCUT2D eigenvalue weighted by Crippen LogP contribution is -2.30. The number of carbonyl (C=O) groups excluding carboxylic acids is 4. The third-order valence-corrected chi connectivity index (χ3v) is 15.8. The first-order valence-electron chi connectivity index (χ1n) is 31.8. The van der Waals surface area contributed by atoms with Crippen LogP contribution >= 0.6 is 15.6 Å². The molecule has 5 atom stereocenters. The van der Waals surface area contributed by atoms with E-state index < -0.39 is 97.5 Å². The molecule has 0 aromatic heterocycles. The molecule has 0 aromatic rings. The van der Waals surface area contributed by atoms with E-state index in [9.17, 15) is 43.2 Å². The second-order valence-electron chi connectivity index (χ2n) is 21.7. The van der Waals surface area contributed by atoms with Crippen LogP contribution in [0.15, 0.2) is 0 Å². The number of carbonyl (C=O) groups is 4. The Hall–Kier alpha value is -1.94. The van der Waals surface area contributed by atoms with Crippen LogP contribution in [0.2, 0.25) is 0 Å². The van der Waals surface area contributed by atoms with Crippen molar-refractivity contribution in [3.05, 3.63) is 0 Å². The van der Waals surface area contributed by atoms with Gasteiger partial charge in [0.15, 0.2) is 12.2 Å². The predicted molar refractivity (Wildman–Crippen MR) is 312 cm³/mol. The molecule has 0 radical (unpaired) electrons. The zero-order valence-electron chi connectivity index (χ0n) is 50.3. The molecule has 0 saturated carbocycles. The summed E-state index contributed by atoms with van der Waals surface area (Å²) in [6.07, 6.45) is 39.2. The van der Waals surface area contributed by atoms with E-state index >= 15 is 0 Å². The summed E-state index contributed by atoms with van der Waals surface area (Å²) in [6, 6.07) is 0. The minimum absolute atomic E-state index is 0.105. The zero-order chi connectivity index (χ0) is 58.3. The topological polar surface area (TPSA) is 237 Å². The maximum atomic E-state index is 12.9. The molecule has 0 spiro atoms. The molecule has 79 heavy (non-hydrogen) atoms. The summed E-state index contributed by atoms with van der Waals surface area (Å²) in [5, 5.41) is 10.5. The smallest absolute Gasteiger partial charge is 0.462 e. The highest BCUT2D eigenvalue weighted by Crippen LogP contribution is 2.45. The molecule has 0 aliphatic carbocycles. The van der Waals surface area contributed by atoms with E-state index in [1.807, 2.05) is 0 Å². The summed E-state index contributed by atoms with van der Waals surface area (Å²) in [6.45, 7) is 4.76. The first kappa shape index (κ1) is 77.1. The molecule has 19 heteroatoms. The first-order chi connectivity index (χ1) is 38.2. The van der Waals surface area contributed by atoms with Crippen molar-refractivity contribution >= 4 is 39.5 Å². The van der Waals surface area contributed by atoms with Gasteiger partial charge in [-0.15, -0.1) is 0 Å². The number of aliphatic hydroxyl groups is 1. The predicted octanol–water partition coefficient (Wildman–Crippen LogP) is 16.4. The monoisotopic (exact) mass is 1170 g/mol. The fourth-order valence-corrected chi connectivity index (χ4v) is 10.5. The molecule has 0 amide bonds. The summed E-state index contributed by atoms with van der Waals surface area (Å²) in [4.78, 5) is 71.7. The van der Waals surface area contributed by atoms with Crippen molar-refractivity contribution in [1.29, 1.82) is 0 Å². The van der Waals surface area contributed by atoms with Crippen LogP contribution in [0.3, 0.4) is 0 Å². The highest BCUT2D eigenvalue weighted by molar-refractivity contribution is 7.47. The minimum atomic E-state index is -4.94. The molecule has 17 nitrogen and oxygen atoms in total. The number of esters is 4. The number of hydrogen-bond donors (Lipinski definition) is 3. The van der Waals surface area contributed by atoms with E-state index in [4.69, 9.17) is 37.0 Å². The van der Waals surface area contributed by atoms with Crippen LogP contribution in [0.4, 0.5) is 0 Å². The van der Waals surface area contributed by atoms with Crippen LogP contribution in [0.25, 0.3) is 0 Å². The van der Waals surface area contributed by atoms with Crippen LogP contribution in [0, 0.1) is 0 Å². The third-order valence-electron chi connectivity index (χ3n) is 13.9. The van der Waals surface area contributed by atoms with Gasteiger partial charge in [-0.2, -0.15) is 0 Å². The van der Waals surface area contributed by atoms with Gasteiger partial charge in [-0.3, -0.25) is 37.3 Å². The molecule has 0 bridgehead atoms. The number of aliphatic hydroxyl groups excluding tert-OH is 1. The first-order valence-corrected chi connectivity index (χ1v) is 34.8. The highest BCUT2D eigenvalue weighted by Gasteiger charge is 2.30. The Morgan fingerprint density at radius 3 is 0.747 bits per heavy atom. The van der Waals surface area contributed by atoms with Gasteiger partial charge in [0.25, 0.3) is 0 Å². The average Bonchev–Trinajstić information content (AvgIpc) is 3.42. The van der Waals surface area contributed by atoms with Crippen LogP contribution < -0.4 is 0 Å². The van der Waals surface area contributed by atoms with Gasteiger partial charge in [-0.1, -0.05) is 252 Å². The van der Waals surface area contributed by atoms with Crippen molar-refractivity contribution in [3.8, 4) is 0 Å². The van der Waals surface area contributed by atoms with Gasteiger partial charge in [0, 0.05) is 25.7 Å². The van der Waals surface area contributed by atoms with Crippen LogP contribution in [-0.4, -0.2) is 96.7 Å². The van der Waals surface area contributed by atoms with Crippen LogP contribution in [0.1, 0.15) is 304 Å². The summed E-state index contributed by atoms with van der Waals surface area (Å²) < 4.78 is 67.6. The Balaban J connectivity index is 5.15. The van der Waals surface area contributed by atoms with E-state index in [-0.39, 0.29) is 25.7 Å². The van der Waals surface area contributed by atoms with Gasteiger partial charge in [0.2, 0.25) is 0 Å². The second kappa shape index (κ2) is 55.3. The van der Waals surface area contributed by atoms with Gasteiger partial charge >= 0.3 is 39.5 Å². The van der Waals surface area contributed by atoms with E-state index in [1.54, 1.807) is 0 Å². The zero-order valence-corrected chi connectivity index (χ0v) is 52.1. The number of hydrogen-bond acceptors (Lipinski definition) is 15. The molecule has 0 fully saturated rings. The molecule has 0 rings (SSSR count). The van der Waals surface area contributed by atoms with Crippen molar-refractivity contribution in [3.63, 3.8) is 0 Å². The normalized spacial score (nSPS) is 14.3. The lowest BCUT2D eigenvalue weighted by atomic mass is 10.0. The highest BCUT2D eigenvalue weighted by atomic mass is 31.2. The Labute approximate surface area is 479 Å². The van der Waals surface area contributed by atoms with E-state index in [1.165, 1.54) is 128 Å². The van der Waals surface area contributed by atoms with E-state index in [0.717, 1.165) is 96.3 Å². The molecule has 0 aromatic carbocycles. The fourth-order valence-electron chi connectivity index (χ4n) is 8.93. The van der Waals surface area contributed by atoms with Crippen molar-refractivity contribution in [2.24, 2.45) is 0 Å². The average molecular weight is 1170 g/mol. The SMILES string of the molecule is CCCCCCCCCCCCCCCCCC(=O)O[C@H](COC(=O)CCCCCCCCCCCC)COP(=O)(O)OC[C@@H](O)COP(=O)(O)OC[C@@H](COC(=O)CCCCCCC)OC(=O)CCCCCCCCCCC. The van der Waals surface area contributed by atoms with Gasteiger partial charge in [0.1, 0.15) is 19.3 Å². The van der Waals surface area contributed by atoms with E-state index in [2.05, 4.69) is 27.7 Å². The molecule has 0 heterocycles. The second-order valence-corrected chi connectivity index (χ2v) is 24.6. The van der Waals surface area contributed by atoms with Gasteiger partial charge in [-0.25, -0.2) is 9.13 Å². The molecule has 3 N–H and O–H groups in total. The molecule has 0 saturated heterocycles. The Kier molecular flexibility index (Phi) is 53.9. The standard InChI is InChI=1S/C60H116O17P2/c1-5-9-13-17-20-23-25-26-27-28-29-32-35-39-43-47-60(65)77-56(51-71-58(63)45-41-37-33-31-24-21-18-14-10-6-2)53-75-79(68,69)73-49-54(61)48-72-78(66,67)74-52-55(50-70-57(62)44-40-36-16-12-8-4)76-59(64)46-42-38-34-30-22-19-15-11-7-3/h54-56,61H,5-53H2,1-4H3,(H,66,67)(H,68,69)/t54-,55+,56+/m0/s1. The summed E-state index contributed by atoms with van der Waals surface area (Å²) >= 11 is 0. The lowest BCUT2D eigenvalue weighted by molar-refractivity contribution is -0.161. The van der Waals surface area contributed by atoms with Gasteiger partial charge < -0.3 is 33.8 Å². The van der Waals surface area contributed by atoms with Gasteiger partial charge in [-0.05, 0) is 25.7 Å². The Bertz CT molecular complexity index is 1540. The Morgan fingerprint density at radius 2 is 0.506 bits per heavy atom. The maximum Gasteiger partial charge on any atom is 0.472 e. The number of unbranched alkanes of at least 4 members (excludes halogenated alkanes) is 35. The summed E-state index contributed by atoms with van der Waals surface area (Å²) in [7, 11) is -9.86. The summed E-state index contributed by atoms with van der Waals surface area (Å²) in [5.41, 5.74) is 0. The number of ether oxygens (including phenoxy) is 4. The lowest BCUT2D eigenvalue weighted by Gasteiger charge is -2.21. The molecular weight excluding hydrogens is 1050 g/mol. The third kappa shape index (κ3) is 55.0. The van der Waals surface area contributed by atoms with Crippen molar-refractivity contribution in [1.82, 2.24) is 0 Å². The molecule has 0 aliphatic rings. The van der Waals surface area contributed by atoms with Crippen molar-refractivity contribution < 1.29 is 80.2 Å². The van der Waals surface area contributed by atoms with E-state index in [0.29, 0.717) is 25.7 Å². The van der Waals surface area contributed by atoms with Crippen molar-refractivity contribution in [2.75, 3.05) is 39.6 Å². The molecule has 0 aliphatic heterocycles.